The van der Waals surface area contributed by atoms with Gasteiger partial charge in [0, 0.05) is 5.56 Å². The van der Waals surface area contributed by atoms with E-state index in [0.29, 0.717) is 21.6 Å². The Bertz CT molecular complexity index is 610. The molecule has 5 heteroatoms. The monoisotopic (exact) mass is 250 g/mol. The van der Waals surface area contributed by atoms with Crippen molar-refractivity contribution in [3.8, 4) is 17.0 Å². The Kier molecular flexibility index (Phi) is 3.19. The zero-order valence-corrected chi connectivity index (χ0v) is 10.3. The third kappa shape index (κ3) is 2.19. The van der Waals surface area contributed by atoms with Crippen molar-refractivity contribution in [3.05, 3.63) is 40.5 Å². The average Bonchev–Trinajstić information content (AvgIpc) is 2.32. The Morgan fingerprint density at radius 2 is 2.18 bits per heavy atom. The molecule has 0 radical (unpaired) electrons. The topological polar surface area (TPSA) is 37.9 Å². The van der Waals surface area contributed by atoms with Crippen molar-refractivity contribution in [2.24, 2.45) is 0 Å². The van der Waals surface area contributed by atoms with Gasteiger partial charge in [-0.2, -0.15) is 0 Å². The van der Waals surface area contributed by atoms with Gasteiger partial charge in [0.2, 0.25) is 0 Å². The minimum absolute atomic E-state index is 0.308. The summed E-state index contributed by atoms with van der Waals surface area (Å²) in [6.07, 6.45) is 1.43. The molecule has 0 saturated heterocycles. The zero-order chi connectivity index (χ0) is 12.4. The molecule has 0 spiro atoms. The van der Waals surface area contributed by atoms with Crippen molar-refractivity contribution in [2.75, 3.05) is 7.11 Å². The summed E-state index contributed by atoms with van der Waals surface area (Å²) in [6, 6.07) is 4.86. The molecule has 0 bridgehead atoms. The van der Waals surface area contributed by atoms with Gasteiger partial charge in [-0.15, -0.1) is 0 Å². The van der Waals surface area contributed by atoms with Gasteiger partial charge in [-0.25, -0.2) is 9.37 Å². The highest BCUT2D eigenvalue weighted by atomic mass is 32.1. The molecule has 0 aliphatic heterocycles. The number of ether oxygens (including phenoxy) is 1. The lowest BCUT2D eigenvalue weighted by molar-refractivity contribution is 0.410. The summed E-state index contributed by atoms with van der Waals surface area (Å²) in [4.78, 5) is 6.77. The lowest BCUT2D eigenvalue weighted by atomic mass is 10.1. The number of aromatic amines is 1. The molecule has 17 heavy (non-hydrogen) atoms. The van der Waals surface area contributed by atoms with E-state index in [0.717, 1.165) is 5.56 Å². The quantitative estimate of drug-likeness (QED) is 0.831. The van der Waals surface area contributed by atoms with Crippen LogP contribution in [0.25, 0.3) is 11.3 Å². The van der Waals surface area contributed by atoms with Crippen LogP contribution in [-0.4, -0.2) is 17.1 Å². The summed E-state index contributed by atoms with van der Waals surface area (Å²) in [5.41, 5.74) is 1.89. The normalized spacial score (nSPS) is 10.3. The number of halogens is 1. The van der Waals surface area contributed by atoms with Crippen molar-refractivity contribution in [1.82, 2.24) is 9.97 Å². The first-order chi connectivity index (χ1) is 8.13. The summed E-state index contributed by atoms with van der Waals surface area (Å²) in [5.74, 6) is 0.0535. The number of hydrogen-bond donors (Lipinski definition) is 1. The van der Waals surface area contributed by atoms with E-state index < -0.39 is 0 Å². The van der Waals surface area contributed by atoms with Crippen LogP contribution in [0.2, 0.25) is 0 Å². The van der Waals surface area contributed by atoms with Crippen LogP contribution in [0.5, 0.6) is 5.75 Å². The number of nitrogens with one attached hydrogen (secondary N) is 1. The lowest BCUT2D eigenvalue weighted by Crippen LogP contribution is -1.96. The van der Waals surface area contributed by atoms with E-state index >= 15 is 0 Å². The fourth-order valence-electron chi connectivity index (χ4n) is 1.61. The highest BCUT2D eigenvalue weighted by molar-refractivity contribution is 7.71. The fraction of sp³-hybridized carbons (Fsp3) is 0.167. The second kappa shape index (κ2) is 4.63. The molecule has 1 N–H and O–H groups in total. The van der Waals surface area contributed by atoms with Crippen molar-refractivity contribution in [2.45, 2.75) is 6.92 Å². The molecule has 1 aromatic heterocycles. The van der Waals surface area contributed by atoms with Gasteiger partial charge in [0.15, 0.2) is 10.4 Å². The Labute approximate surface area is 103 Å². The SMILES string of the molecule is COc1c(-c2cc(C)ccc2F)[nH]cnc1=S. The van der Waals surface area contributed by atoms with Crippen molar-refractivity contribution in [1.29, 1.82) is 0 Å². The van der Waals surface area contributed by atoms with Gasteiger partial charge in [-0.05, 0) is 19.1 Å². The maximum atomic E-state index is 13.8. The molecule has 0 fully saturated rings. The van der Waals surface area contributed by atoms with Gasteiger partial charge in [-0.1, -0.05) is 23.8 Å². The largest absolute Gasteiger partial charge is 0.491 e. The molecular formula is C12H11FN2OS. The van der Waals surface area contributed by atoms with Gasteiger partial charge in [0.05, 0.1) is 19.1 Å². The third-order valence-electron chi connectivity index (χ3n) is 2.41. The first kappa shape index (κ1) is 11.7. The Hall–Kier alpha value is -1.75. The molecule has 2 aromatic rings. The van der Waals surface area contributed by atoms with Crippen LogP contribution in [0, 0.1) is 17.4 Å². The zero-order valence-electron chi connectivity index (χ0n) is 9.45. The van der Waals surface area contributed by atoms with Crippen LogP contribution in [0.15, 0.2) is 24.5 Å². The standard InChI is InChI=1S/C12H11FN2OS/c1-7-3-4-9(13)8(5-7)10-11(16-2)12(17)15-6-14-10/h3-6H,1-2H3,(H,14,15,17). The number of benzene rings is 1. The van der Waals surface area contributed by atoms with Crippen LogP contribution in [0.3, 0.4) is 0 Å². The lowest BCUT2D eigenvalue weighted by Gasteiger charge is -2.09. The van der Waals surface area contributed by atoms with E-state index in [1.54, 1.807) is 12.1 Å². The summed E-state index contributed by atoms with van der Waals surface area (Å²) in [5, 5.41) is 0. The number of nitrogens with zero attached hydrogens (tertiary/aromatic N) is 1. The van der Waals surface area contributed by atoms with E-state index in [9.17, 15) is 4.39 Å². The molecule has 3 nitrogen and oxygen atoms in total. The summed E-state index contributed by atoms with van der Waals surface area (Å²) >= 11 is 5.04. The summed E-state index contributed by atoms with van der Waals surface area (Å²) < 4.78 is 19.2. The van der Waals surface area contributed by atoms with Gasteiger partial charge in [-0.3, -0.25) is 0 Å². The molecule has 1 aromatic carbocycles. The Balaban J connectivity index is 2.72. The molecule has 1 heterocycles. The second-order valence-corrected chi connectivity index (χ2v) is 3.99. The molecule has 0 amide bonds. The first-order valence-electron chi connectivity index (χ1n) is 5.01. The molecule has 0 aliphatic rings. The average molecular weight is 250 g/mol. The number of methoxy groups -OCH3 is 1. The molecule has 0 aliphatic carbocycles. The second-order valence-electron chi connectivity index (χ2n) is 3.60. The minimum Gasteiger partial charge on any atom is -0.491 e. The highest BCUT2D eigenvalue weighted by Crippen LogP contribution is 2.30. The first-order valence-corrected chi connectivity index (χ1v) is 5.42. The van der Waals surface area contributed by atoms with E-state index in [4.69, 9.17) is 17.0 Å². The summed E-state index contributed by atoms with van der Waals surface area (Å²) in [6.45, 7) is 1.89. The molecule has 0 unspecified atom stereocenters. The van der Waals surface area contributed by atoms with Gasteiger partial charge < -0.3 is 9.72 Å². The van der Waals surface area contributed by atoms with Crippen LogP contribution in [-0.2, 0) is 0 Å². The van der Waals surface area contributed by atoms with E-state index in [1.807, 2.05) is 6.92 Å². The molecular weight excluding hydrogens is 239 g/mol. The van der Waals surface area contributed by atoms with Gasteiger partial charge in [0.25, 0.3) is 0 Å². The molecule has 0 atom stereocenters. The predicted octanol–water partition coefficient (Wildman–Crippen LogP) is 3.26. The van der Waals surface area contributed by atoms with Gasteiger partial charge >= 0.3 is 0 Å². The van der Waals surface area contributed by atoms with E-state index in [1.165, 1.54) is 19.5 Å². The van der Waals surface area contributed by atoms with Gasteiger partial charge in [0.1, 0.15) is 5.82 Å². The number of aryl methyl sites for hydroxylation is 1. The smallest absolute Gasteiger partial charge is 0.179 e. The molecule has 0 saturated carbocycles. The van der Waals surface area contributed by atoms with E-state index in [2.05, 4.69) is 9.97 Å². The number of rotatable bonds is 2. The maximum absolute atomic E-state index is 13.8. The summed E-state index contributed by atoms with van der Waals surface area (Å²) in [7, 11) is 1.48. The number of aromatic nitrogens is 2. The predicted molar refractivity (Wildman–Crippen MR) is 66.1 cm³/mol. The Morgan fingerprint density at radius 1 is 1.41 bits per heavy atom. The fourth-order valence-corrected chi connectivity index (χ4v) is 1.84. The van der Waals surface area contributed by atoms with Crippen molar-refractivity contribution >= 4 is 12.2 Å². The van der Waals surface area contributed by atoms with Crippen LogP contribution in [0.4, 0.5) is 4.39 Å². The maximum Gasteiger partial charge on any atom is 0.179 e. The molecule has 2 rings (SSSR count). The molecule has 88 valence electrons. The highest BCUT2D eigenvalue weighted by Gasteiger charge is 2.12. The third-order valence-corrected chi connectivity index (χ3v) is 2.70. The van der Waals surface area contributed by atoms with Crippen LogP contribution >= 0.6 is 12.2 Å². The van der Waals surface area contributed by atoms with Crippen LogP contribution < -0.4 is 4.74 Å². The van der Waals surface area contributed by atoms with Crippen LogP contribution in [0.1, 0.15) is 5.56 Å². The van der Waals surface area contributed by atoms with Crippen molar-refractivity contribution < 1.29 is 9.13 Å². The van der Waals surface area contributed by atoms with E-state index in [-0.39, 0.29) is 5.82 Å². The minimum atomic E-state index is -0.328. The number of H-pyrrole nitrogens is 1. The number of hydrogen-bond acceptors (Lipinski definition) is 3. The van der Waals surface area contributed by atoms with Crippen molar-refractivity contribution in [3.63, 3.8) is 0 Å². The Morgan fingerprint density at radius 3 is 2.88 bits per heavy atom.